The van der Waals surface area contributed by atoms with Crippen LogP contribution in [0.25, 0.3) is 10.9 Å². The highest BCUT2D eigenvalue weighted by molar-refractivity contribution is 6.04. The fourth-order valence-electron chi connectivity index (χ4n) is 2.66. The van der Waals surface area contributed by atoms with E-state index >= 15 is 0 Å². The standard InChI is InChI=1S/C20H14N4O4/c25-18(23-24-12-21-16-8-2-1-7-15(16)20(24)27)13-5-3-6-14(11-13)22-19(26)17-9-4-10-28-17/h1-12H,(H,22,26)(H,23,25). The Labute approximate surface area is 158 Å². The van der Waals surface area contributed by atoms with Gasteiger partial charge in [0.2, 0.25) is 0 Å². The lowest BCUT2D eigenvalue weighted by atomic mass is 10.2. The maximum Gasteiger partial charge on any atom is 0.291 e. The van der Waals surface area contributed by atoms with Crippen LogP contribution in [0.2, 0.25) is 0 Å². The van der Waals surface area contributed by atoms with Crippen LogP contribution in [0.4, 0.5) is 5.69 Å². The Hall–Kier alpha value is -4.20. The Morgan fingerprint density at radius 3 is 2.64 bits per heavy atom. The van der Waals surface area contributed by atoms with Gasteiger partial charge in [-0.25, -0.2) is 9.66 Å². The highest BCUT2D eigenvalue weighted by atomic mass is 16.3. The molecule has 28 heavy (non-hydrogen) atoms. The molecule has 4 rings (SSSR count). The molecule has 0 saturated heterocycles. The van der Waals surface area contributed by atoms with Crippen molar-refractivity contribution in [1.29, 1.82) is 0 Å². The van der Waals surface area contributed by atoms with Crippen LogP contribution in [0, 0.1) is 0 Å². The van der Waals surface area contributed by atoms with Crippen molar-refractivity contribution in [3.63, 3.8) is 0 Å². The molecule has 0 aliphatic rings. The first-order valence-electron chi connectivity index (χ1n) is 8.34. The van der Waals surface area contributed by atoms with Crippen LogP contribution in [0.5, 0.6) is 0 Å². The molecule has 0 aliphatic carbocycles. The van der Waals surface area contributed by atoms with Gasteiger partial charge in [0.1, 0.15) is 6.33 Å². The van der Waals surface area contributed by atoms with E-state index in [4.69, 9.17) is 4.42 Å². The van der Waals surface area contributed by atoms with E-state index in [9.17, 15) is 14.4 Å². The zero-order valence-corrected chi connectivity index (χ0v) is 14.5. The number of amides is 2. The number of carbonyl (C=O) groups is 2. The number of furan rings is 1. The van der Waals surface area contributed by atoms with E-state index in [0.29, 0.717) is 16.6 Å². The summed E-state index contributed by atoms with van der Waals surface area (Å²) in [5.74, 6) is -0.797. The molecule has 0 radical (unpaired) electrons. The molecule has 0 unspecified atom stereocenters. The zero-order chi connectivity index (χ0) is 19.5. The minimum absolute atomic E-state index is 0.156. The van der Waals surface area contributed by atoms with E-state index < -0.39 is 11.8 Å². The van der Waals surface area contributed by atoms with E-state index in [1.54, 1.807) is 48.5 Å². The van der Waals surface area contributed by atoms with Crippen LogP contribution in [-0.4, -0.2) is 21.5 Å². The number of nitrogens with one attached hydrogen (secondary N) is 2. The number of rotatable bonds is 4. The number of fused-ring (bicyclic) bond motifs is 1. The molecule has 2 aromatic carbocycles. The topological polar surface area (TPSA) is 106 Å². The largest absolute Gasteiger partial charge is 0.459 e. The predicted octanol–water partition coefficient (Wildman–Crippen LogP) is 2.63. The Bertz CT molecular complexity index is 1230. The van der Waals surface area contributed by atoms with Gasteiger partial charge in [-0.1, -0.05) is 18.2 Å². The summed E-state index contributed by atoms with van der Waals surface area (Å²) in [6, 6.07) is 16.3. The van der Waals surface area contributed by atoms with Crippen LogP contribution in [-0.2, 0) is 0 Å². The van der Waals surface area contributed by atoms with Gasteiger partial charge >= 0.3 is 0 Å². The number of anilines is 1. The number of nitrogens with zero attached hydrogens (tertiary/aromatic N) is 2. The summed E-state index contributed by atoms with van der Waals surface area (Å²) in [5.41, 5.74) is 3.33. The fourth-order valence-corrected chi connectivity index (χ4v) is 2.66. The lowest BCUT2D eigenvalue weighted by Gasteiger charge is -2.10. The van der Waals surface area contributed by atoms with Gasteiger partial charge in [0, 0.05) is 11.3 Å². The van der Waals surface area contributed by atoms with Crippen molar-refractivity contribution in [3.8, 4) is 0 Å². The minimum atomic E-state index is -0.520. The third-order valence-corrected chi connectivity index (χ3v) is 4.02. The molecule has 8 nitrogen and oxygen atoms in total. The monoisotopic (exact) mass is 374 g/mol. The van der Waals surface area contributed by atoms with Crippen molar-refractivity contribution in [2.75, 3.05) is 10.7 Å². The molecule has 2 aromatic heterocycles. The molecule has 2 N–H and O–H groups in total. The van der Waals surface area contributed by atoms with Crippen molar-refractivity contribution in [2.24, 2.45) is 0 Å². The summed E-state index contributed by atoms with van der Waals surface area (Å²) in [7, 11) is 0. The lowest BCUT2D eigenvalue weighted by molar-refractivity contribution is 0.0990. The fraction of sp³-hybridized carbons (Fsp3) is 0. The quantitative estimate of drug-likeness (QED) is 0.571. The summed E-state index contributed by atoms with van der Waals surface area (Å²) in [4.78, 5) is 41.2. The first kappa shape index (κ1) is 17.2. The Kier molecular flexibility index (Phi) is 4.43. The lowest BCUT2D eigenvalue weighted by Crippen LogP contribution is -2.33. The molecule has 138 valence electrons. The third kappa shape index (κ3) is 3.38. The Morgan fingerprint density at radius 1 is 0.964 bits per heavy atom. The van der Waals surface area contributed by atoms with Crippen molar-refractivity contribution in [2.45, 2.75) is 0 Å². The van der Waals surface area contributed by atoms with Crippen molar-refractivity contribution in [1.82, 2.24) is 9.66 Å². The van der Waals surface area contributed by atoms with E-state index in [1.165, 1.54) is 24.7 Å². The number of hydrogen-bond acceptors (Lipinski definition) is 5. The van der Waals surface area contributed by atoms with Crippen LogP contribution in [0.3, 0.4) is 0 Å². The smallest absolute Gasteiger partial charge is 0.291 e. The molecular formula is C20H14N4O4. The Balaban J connectivity index is 1.55. The van der Waals surface area contributed by atoms with Gasteiger partial charge in [0.15, 0.2) is 5.76 Å². The van der Waals surface area contributed by atoms with Crippen molar-refractivity contribution < 1.29 is 14.0 Å². The maximum absolute atomic E-state index is 12.5. The van der Waals surface area contributed by atoms with Gasteiger partial charge in [0.25, 0.3) is 17.4 Å². The van der Waals surface area contributed by atoms with Gasteiger partial charge in [0.05, 0.1) is 17.2 Å². The molecule has 0 atom stereocenters. The zero-order valence-electron chi connectivity index (χ0n) is 14.5. The molecule has 0 spiro atoms. The number of benzene rings is 2. The summed E-state index contributed by atoms with van der Waals surface area (Å²) in [6.45, 7) is 0. The highest BCUT2D eigenvalue weighted by Crippen LogP contribution is 2.13. The van der Waals surface area contributed by atoms with Gasteiger partial charge in [-0.15, -0.1) is 0 Å². The average molecular weight is 374 g/mol. The summed E-state index contributed by atoms with van der Waals surface area (Å²) in [5, 5.41) is 3.04. The number of para-hydroxylation sites is 1. The first-order valence-corrected chi connectivity index (χ1v) is 8.34. The molecule has 0 fully saturated rings. The minimum Gasteiger partial charge on any atom is -0.459 e. The van der Waals surface area contributed by atoms with Crippen molar-refractivity contribution >= 4 is 28.4 Å². The molecule has 8 heteroatoms. The Morgan fingerprint density at radius 2 is 1.82 bits per heavy atom. The molecule has 2 amide bonds. The summed E-state index contributed by atoms with van der Waals surface area (Å²) >= 11 is 0. The summed E-state index contributed by atoms with van der Waals surface area (Å²) < 4.78 is 6.06. The van der Waals surface area contributed by atoms with E-state index in [2.05, 4.69) is 15.7 Å². The van der Waals surface area contributed by atoms with E-state index in [1.807, 2.05) is 0 Å². The van der Waals surface area contributed by atoms with Crippen LogP contribution >= 0.6 is 0 Å². The normalized spacial score (nSPS) is 10.6. The molecule has 0 bridgehead atoms. The molecule has 0 aliphatic heterocycles. The number of hydrogen-bond donors (Lipinski definition) is 2. The van der Waals surface area contributed by atoms with Crippen LogP contribution in [0.1, 0.15) is 20.9 Å². The SMILES string of the molecule is O=C(Nn1cnc2ccccc2c1=O)c1cccc(NC(=O)c2ccco2)c1. The third-order valence-electron chi connectivity index (χ3n) is 4.02. The van der Waals surface area contributed by atoms with Crippen molar-refractivity contribution in [3.05, 3.63) is 94.9 Å². The highest BCUT2D eigenvalue weighted by Gasteiger charge is 2.12. The average Bonchev–Trinajstić information content (AvgIpc) is 3.25. The van der Waals surface area contributed by atoms with E-state index in [0.717, 1.165) is 4.68 Å². The van der Waals surface area contributed by atoms with Gasteiger partial charge in [-0.3, -0.25) is 19.8 Å². The number of aromatic nitrogens is 2. The second kappa shape index (κ2) is 7.20. The molecule has 0 saturated carbocycles. The first-order chi connectivity index (χ1) is 13.6. The number of carbonyl (C=O) groups excluding carboxylic acids is 2. The van der Waals surface area contributed by atoms with Crippen LogP contribution in [0.15, 0.2) is 82.5 Å². The van der Waals surface area contributed by atoms with Gasteiger partial charge in [-0.05, 0) is 42.5 Å². The molecular weight excluding hydrogens is 360 g/mol. The van der Waals surface area contributed by atoms with E-state index in [-0.39, 0.29) is 16.9 Å². The molecule has 4 aromatic rings. The van der Waals surface area contributed by atoms with Gasteiger partial charge < -0.3 is 9.73 Å². The predicted molar refractivity (Wildman–Crippen MR) is 103 cm³/mol. The maximum atomic E-state index is 12.5. The summed E-state index contributed by atoms with van der Waals surface area (Å²) in [6.07, 6.45) is 2.65. The second-order valence-electron chi connectivity index (χ2n) is 5.89. The van der Waals surface area contributed by atoms with Gasteiger partial charge in [-0.2, -0.15) is 0 Å². The van der Waals surface area contributed by atoms with Crippen LogP contribution < -0.4 is 16.3 Å². The molecule has 2 heterocycles. The second-order valence-corrected chi connectivity index (χ2v) is 5.89.